The van der Waals surface area contributed by atoms with Crippen molar-refractivity contribution in [1.29, 1.82) is 0 Å². The van der Waals surface area contributed by atoms with Gasteiger partial charge in [0.05, 0.1) is 12.0 Å². The summed E-state index contributed by atoms with van der Waals surface area (Å²) < 4.78 is 13.9. The molecule has 1 aliphatic rings. The second-order valence-corrected chi connectivity index (χ2v) is 8.99. The molecule has 0 aromatic heterocycles. The van der Waals surface area contributed by atoms with Gasteiger partial charge in [0.2, 0.25) is 0 Å². The van der Waals surface area contributed by atoms with Crippen molar-refractivity contribution in [2.24, 2.45) is 5.73 Å². The molecule has 6 nitrogen and oxygen atoms in total. The normalized spacial score (nSPS) is 18.7. The number of benzene rings is 3. The minimum Gasteiger partial charge on any atom is -0.508 e. The highest BCUT2D eigenvalue weighted by Gasteiger charge is 2.38. The summed E-state index contributed by atoms with van der Waals surface area (Å²) in [4.78, 5) is 0. The second kappa shape index (κ2) is 9.08. The van der Waals surface area contributed by atoms with Gasteiger partial charge in [-0.25, -0.2) is 0 Å². The molecule has 0 aliphatic carbocycles. The Bertz CT molecular complexity index is 1110. The van der Waals surface area contributed by atoms with Gasteiger partial charge in [0.15, 0.2) is 0 Å². The summed E-state index contributed by atoms with van der Waals surface area (Å²) in [5.41, 5.74) is 7.61. The molecule has 0 spiro atoms. The van der Waals surface area contributed by atoms with E-state index in [0.717, 1.165) is 14.5 Å². The summed E-state index contributed by atoms with van der Waals surface area (Å²) >= 11 is 7.03. The smallest absolute Gasteiger partial charge is 0.144 e. The fraction of sp³-hybridized carbons (Fsp3) is 0.217. The fourth-order valence-electron chi connectivity index (χ4n) is 3.83. The Hall–Kier alpha value is -2.26. The van der Waals surface area contributed by atoms with Crippen molar-refractivity contribution < 1.29 is 24.8 Å². The largest absolute Gasteiger partial charge is 0.508 e. The van der Waals surface area contributed by atoms with Gasteiger partial charge in [-0.15, -0.1) is 0 Å². The molecule has 0 amide bonds. The first kappa shape index (κ1) is 22.0. The minimum absolute atomic E-state index is 0.0261. The molecule has 1 heterocycles. The lowest BCUT2D eigenvalue weighted by Gasteiger charge is -2.36. The van der Waals surface area contributed by atoms with E-state index in [9.17, 15) is 15.3 Å². The van der Waals surface area contributed by atoms with Crippen LogP contribution in [0.5, 0.6) is 23.0 Å². The highest BCUT2D eigenvalue weighted by molar-refractivity contribution is 9.13. The fourth-order valence-corrected chi connectivity index (χ4v) is 4.47. The molecule has 4 rings (SSSR count). The lowest BCUT2D eigenvalue weighted by Crippen LogP contribution is -2.37. The Balaban J connectivity index is 1.86. The maximum absolute atomic E-state index is 10.8. The van der Waals surface area contributed by atoms with Gasteiger partial charge < -0.3 is 30.5 Å². The van der Waals surface area contributed by atoms with Gasteiger partial charge in [0, 0.05) is 32.7 Å². The van der Waals surface area contributed by atoms with E-state index in [1.807, 2.05) is 18.2 Å². The first-order valence-corrected chi connectivity index (χ1v) is 11.2. The first-order chi connectivity index (χ1) is 14.9. The van der Waals surface area contributed by atoms with Crippen LogP contribution in [0, 0.1) is 0 Å². The monoisotopic (exact) mass is 549 g/mol. The summed E-state index contributed by atoms with van der Waals surface area (Å²) in [6, 6.07) is 15.5. The van der Waals surface area contributed by atoms with E-state index in [1.165, 1.54) is 12.1 Å². The van der Waals surface area contributed by atoms with Gasteiger partial charge in [0.25, 0.3) is 0 Å². The van der Waals surface area contributed by atoms with Gasteiger partial charge in [0.1, 0.15) is 35.7 Å². The van der Waals surface area contributed by atoms with E-state index in [-0.39, 0.29) is 24.7 Å². The molecule has 0 radical (unpaired) electrons. The van der Waals surface area contributed by atoms with Crippen LogP contribution in [0.15, 0.2) is 63.5 Å². The van der Waals surface area contributed by atoms with Crippen LogP contribution < -0.4 is 15.2 Å². The van der Waals surface area contributed by atoms with E-state index in [1.54, 1.807) is 24.3 Å². The number of halogens is 2. The standard InChI is InChI=1S/C23H21Br2NO5/c24-16-6-4-12(8-17(16)25)21-20(31-14-3-1-2-13(27)9-14)11-30-23-15(19(29)10-26)5-7-18(28)22(21)23/h1-9,19-21,27-29H,10-11,26H2/t19-,20-,21-/m0/s1. The molecule has 1 aliphatic heterocycles. The zero-order valence-corrected chi connectivity index (χ0v) is 19.5. The minimum atomic E-state index is -0.921. The summed E-state index contributed by atoms with van der Waals surface area (Å²) in [5, 5.41) is 31.0. The van der Waals surface area contributed by atoms with Crippen LogP contribution in [0.2, 0.25) is 0 Å². The number of hydrogen-bond donors (Lipinski definition) is 4. The van der Waals surface area contributed by atoms with Crippen molar-refractivity contribution in [3.63, 3.8) is 0 Å². The van der Waals surface area contributed by atoms with E-state index in [0.29, 0.717) is 22.6 Å². The molecule has 3 atom stereocenters. The number of hydrogen-bond acceptors (Lipinski definition) is 6. The Morgan fingerprint density at radius 3 is 2.58 bits per heavy atom. The van der Waals surface area contributed by atoms with Crippen LogP contribution >= 0.6 is 31.9 Å². The number of phenols is 2. The number of phenolic OH excluding ortho intramolecular Hbond substituents is 2. The van der Waals surface area contributed by atoms with Gasteiger partial charge >= 0.3 is 0 Å². The Morgan fingerprint density at radius 2 is 1.87 bits per heavy atom. The van der Waals surface area contributed by atoms with Crippen LogP contribution in [0.25, 0.3) is 0 Å². The van der Waals surface area contributed by atoms with Crippen LogP contribution in [0.3, 0.4) is 0 Å². The number of aliphatic hydroxyl groups is 1. The molecule has 0 saturated heterocycles. The molecule has 3 aromatic carbocycles. The van der Waals surface area contributed by atoms with Crippen molar-refractivity contribution >= 4 is 31.9 Å². The van der Waals surface area contributed by atoms with Crippen molar-refractivity contribution in [3.8, 4) is 23.0 Å². The molecule has 0 saturated carbocycles. The number of fused-ring (bicyclic) bond motifs is 1. The summed E-state index contributed by atoms with van der Waals surface area (Å²) in [5.74, 6) is 0.624. The number of aliphatic hydroxyl groups excluding tert-OH is 1. The highest BCUT2D eigenvalue weighted by Crippen LogP contribution is 2.48. The zero-order chi connectivity index (χ0) is 22.1. The SMILES string of the molecule is NC[C@H](O)c1ccc(O)c2c1OC[C@H](Oc1cccc(O)c1)[C@@H]2c1ccc(Br)c(Br)c1. The van der Waals surface area contributed by atoms with E-state index >= 15 is 0 Å². The van der Waals surface area contributed by atoms with Crippen molar-refractivity contribution in [1.82, 2.24) is 0 Å². The topological polar surface area (TPSA) is 105 Å². The molecular weight excluding hydrogens is 530 g/mol. The van der Waals surface area contributed by atoms with Crippen molar-refractivity contribution in [2.45, 2.75) is 18.1 Å². The Morgan fingerprint density at radius 1 is 1.06 bits per heavy atom. The maximum atomic E-state index is 10.8. The van der Waals surface area contributed by atoms with E-state index in [4.69, 9.17) is 15.2 Å². The van der Waals surface area contributed by atoms with Crippen LogP contribution in [0.1, 0.15) is 28.7 Å². The molecular formula is C23H21Br2NO5. The molecule has 8 heteroatoms. The molecule has 0 fully saturated rings. The molecule has 162 valence electrons. The number of ether oxygens (including phenoxy) is 2. The summed E-state index contributed by atoms with van der Waals surface area (Å²) in [6.45, 7) is 0.201. The van der Waals surface area contributed by atoms with Crippen LogP contribution in [0.4, 0.5) is 0 Å². The van der Waals surface area contributed by atoms with Crippen LogP contribution in [-0.4, -0.2) is 34.6 Å². The maximum Gasteiger partial charge on any atom is 0.144 e. The van der Waals surface area contributed by atoms with Crippen molar-refractivity contribution in [3.05, 3.63) is 80.2 Å². The quantitative estimate of drug-likeness (QED) is 0.370. The third kappa shape index (κ3) is 4.39. The van der Waals surface area contributed by atoms with E-state index in [2.05, 4.69) is 31.9 Å². The van der Waals surface area contributed by atoms with Crippen LogP contribution in [-0.2, 0) is 0 Å². The average molecular weight is 551 g/mol. The molecule has 0 bridgehead atoms. The Kier molecular flexibility index (Phi) is 6.43. The molecule has 5 N–H and O–H groups in total. The average Bonchev–Trinajstić information content (AvgIpc) is 2.75. The number of nitrogens with two attached hydrogens (primary N) is 1. The molecule has 0 unspecified atom stereocenters. The zero-order valence-electron chi connectivity index (χ0n) is 16.3. The lowest BCUT2D eigenvalue weighted by atomic mass is 9.82. The second-order valence-electron chi connectivity index (χ2n) is 7.28. The highest BCUT2D eigenvalue weighted by atomic mass is 79.9. The summed E-state index contributed by atoms with van der Waals surface area (Å²) in [7, 11) is 0. The predicted molar refractivity (Wildman–Crippen MR) is 124 cm³/mol. The van der Waals surface area contributed by atoms with E-state index < -0.39 is 18.1 Å². The molecule has 31 heavy (non-hydrogen) atoms. The lowest BCUT2D eigenvalue weighted by molar-refractivity contribution is 0.0907. The number of aromatic hydroxyl groups is 2. The Labute approximate surface area is 196 Å². The van der Waals surface area contributed by atoms with Gasteiger partial charge in [-0.05, 0) is 73.8 Å². The van der Waals surface area contributed by atoms with Gasteiger partial charge in [-0.2, -0.15) is 0 Å². The van der Waals surface area contributed by atoms with Gasteiger partial charge in [-0.3, -0.25) is 0 Å². The summed E-state index contributed by atoms with van der Waals surface area (Å²) in [6.07, 6.45) is -1.42. The van der Waals surface area contributed by atoms with Gasteiger partial charge in [-0.1, -0.05) is 12.1 Å². The molecule has 3 aromatic rings. The first-order valence-electron chi connectivity index (χ1n) is 9.66. The third-order valence-electron chi connectivity index (χ3n) is 5.27. The third-order valence-corrected chi connectivity index (χ3v) is 7.15. The van der Waals surface area contributed by atoms with Crippen molar-refractivity contribution in [2.75, 3.05) is 13.2 Å². The predicted octanol–water partition coefficient (Wildman–Crippen LogP) is 4.59. The number of rotatable bonds is 5.